The van der Waals surface area contributed by atoms with Gasteiger partial charge < -0.3 is 14.4 Å². The molecular weight excluding hydrogens is 398 g/mol. The molecule has 0 saturated carbocycles. The minimum absolute atomic E-state index is 0.106. The first-order valence-corrected chi connectivity index (χ1v) is 11.3. The van der Waals surface area contributed by atoms with Crippen LogP contribution in [0, 0.1) is 0 Å². The van der Waals surface area contributed by atoms with Gasteiger partial charge in [-0.3, -0.25) is 4.79 Å². The number of anilines is 1. The maximum atomic E-state index is 13.3. The topological polar surface area (TPSA) is 38.8 Å². The summed E-state index contributed by atoms with van der Waals surface area (Å²) in [5.74, 6) is 2.15. The predicted octanol–water partition coefficient (Wildman–Crippen LogP) is 5.57. The number of nitrogens with zero attached hydrogens (tertiary/aromatic N) is 1. The number of fused-ring (bicyclic) bond motifs is 1. The Kier molecular flexibility index (Phi) is 6.79. The van der Waals surface area contributed by atoms with Gasteiger partial charge in [-0.15, -0.1) is 0 Å². The molecule has 0 spiro atoms. The van der Waals surface area contributed by atoms with Crippen molar-refractivity contribution in [2.24, 2.45) is 0 Å². The summed E-state index contributed by atoms with van der Waals surface area (Å²) in [5.41, 5.74) is 5.94. The molecule has 0 bridgehead atoms. The molecular formula is C28H31NO3. The van der Waals surface area contributed by atoms with Gasteiger partial charge in [0.05, 0.1) is 26.3 Å². The molecule has 0 aliphatic heterocycles. The molecule has 0 N–H and O–H groups in total. The van der Waals surface area contributed by atoms with Gasteiger partial charge in [-0.05, 0) is 72.6 Å². The fourth-order valence-electron chi connectivity index (χ4n) is 4.70. The summed E-state index contributed by atoms with van der Waals surface area (Å²) in [6, 6.07) is 22.5. The SMILES string of the molecule is CCN(C(=O)Cc1ccccc1)c1cc(OC)ccc1C1CCc2cc(OC)ccc2C1. The van der Waals surface area contributed by atoms with Crippen LogP contribution in [0.1, 0.15) is 41.5 Å². The highest BCUT2D eigenvalue weighted by atomic mass is 16.5. The molecule has 0 aromatic heterocycles. The molecule has 4 nitrogen and oxygen atoms in total. The maximum Gasteiger partial charge on any atom is 0.231 e. The molecule has 1 aliphatic carbocycles. The lowest BCUT2D eigenvalue weighted by Gasteiger charge is -2.31. The lowest BCUT2D eigenvalue weighted by Crippen LogP contribution is -2.33. The smallest absolute Gasteiger partial charge is 0.231 e. The molecule has 0 fully saturated rings. The maximum absolute atomic E-state index is 13.3. The molecule has 3 aromatic rings. The molecule has 1 amide bonds. The highest BCUT2D eigenvalue weighted by Crippen LogP contribution is 2.40. The van der Waals surface area contributed by atoms with Gasteiger partial charge in [-0.1, -0.05) is 42.5 Å². The van der Waals surface area contributed by atoms with Gasteiger partial charge in [0.2, 0.25) is 5.91 Å². The van der Waals surface area contributed by atoms with Crippen molar-refractivity contribution in [3.05, 3.63) is 89.0 Å². The molecule has 4 rings (SSSR count). The molecule has 1 aliphatic rings. The molecule has 4 heteroatoms. The van der Waals surface area contributed by atoms with E-state index in [1.165, 1.54) is 16.7 Å². The summed E-state index contributed by atoms with van der Waals surface area (Å²) in [6.07, 6.45) is 3.40. The number of hydrogen-bond acceptors (Lipinski definition) is 3. The van der Waals surface area contributed by atoms with E-state index < -0.39 is 0 Å². The molecule has 0 radical (unpaired) electrons. The lowest BCUT2D eigenvalue weighted by atomic mass is 9.79. The van der Waals surface area contributed by atoms with Crippen molar-refractivity contribution in [1.82, 2.24) is 0 Å². The number of aryl methyl sites for hydroxylation is 1. The Morgan fingerprint density at radius 3 is 2.38 bits per heavy atom. The Morgan fingerprint density at radius 2 is 1.66 bits per heavy atom. The number of amides is 1. The largest absolute Gasteiger partial charge is 0.497 e. The van der Waals surface area contributed by atoms with Crippen LogP contribution in [0.4, 0.5) is 5.69 Å². The van der Waals surface area contributed by atoms with Gasteiger partial charge in [0.25, 0.3) is 0 Å². The Labute approximate surface area is 190 Å². The normalized spacial score (nSPS) is 15.0. The van der Waals surface area contributed by atoms with Gasteiger partial charge in [-0.25, -0.2) is 0 Å². The molecule has 1 atom stereocenters. The van der Waals surface area contributed by atoms with Gasteiger partial charge in [0.1, 0.15) is 11.5 Å². The summed E-state index contributed by atoms with van der Waals surface area (Å²) in [7, 11) is 3.38. The van der Waals surface area contributed by atoms with Gasteiger partial charge >= 0.3 is 0 Å². The summed E-state index contributed by atoms with van der Waals surface area (Å²) < 4.78 is 10.9. The van der Waals surface area contributed by atoms with Gasteiger partial charge in [-0.2, -0.15) is 0 Å². The molecule has 32 heavy (non-hydrogen) atoms. The number of methoxy groups -OCH3 is 2. The van der Waals surface area contributed by atoms with Crippen molar-refractivity contribution in [2.75, 3.05) is 25.7 Å². The third kappa shape index (κ3) is 4.64. The highest BCUT2D eigenvalue weighted by Gasteiger charge is 2.26. The minimum atomic E-state index is 0.106. The third-order valence-corrected chi connectivity index (χ3v) is 6.43. The minimum Gasteiger partial charge on any atom is -0.497 e. The zero-order valence-electron chi connectivity index (χ0n) is 19.1. The van der Waals surface area contributed by atoms with E-state index in [1.54, 1.807) is 14.2 Å². The van der Waals surface area contributed by atoms with E-state index in [-0.39, 0.29) is 5.91 Å². The molecule has 166 valence electrons. The van der Waals surface area contributed by atoms with Crippen LogP contribution in [-0.2, 0) is 24.1 Å². The fraction of sp³-hybridized carbons (Fsp3) is 0.321. The number of ether oxygens (including phenoxy) is 2. The number of carbonyl (C=O) groups is 1. The zero-order chi connectivity index (χ0) is 22.5. The fourth-order valence-corrected chi connectivity index (χ4v) is 4.70. The van der Waals surface area contributed by atoms with Crippen molar-refractivity contribution in [3.63, 3.8) is 0 Å². The second kappa shape index (κ2) is 9.90. The van der Waals surface area contributed by atoms with Crippen molar-refractivity contribution in [2.45, 2.75) is 38.5 Å². The van der Waals surface area contributed by atoms with Crippen molar-refractivity contribution in [3.8, 4) is 11.5 Å². The Morgan fingerprint density at radius 1 is 0.938 bits per heavy atom. The number of carbonyl (C=O) groups excluding carboxylic acids is 1. The summed E-state index contributed by atoms with van der Waals surface area (Å²) in [5, 5.41) is 0. The Hall–Kier alpha value is -3.27. The second-order valence-electron chi connectivity index (χ2n) is 8.30. The van der Waals surface area contributed by atoms with Crippen LogP contribution in [0.2, 0.25) is 0 Å². The quantitative estimate of drug-likeness (QED) is 0.493. The first-order chi connectivity index (χ1) is 15.6. The highest BCUT2D eigenvalue weighted by molar-refractivity contribution is 5.95. The monoisotopic (exact) mass is 429 g/mol. The van der Waals surface area contributed by atoms with Crippen LogP contribution < -0.4 is 14.4 Å². The van der Waals surface area contributed by atoms with Crippen LogP contribution in [0.3, 0.4) is 0 Å². The van der Waals surface area contributed by atoms with Crippen LogP contribution in [0.5, 0.6) is 11.5 Å². The van der Waals surface area contributed by atoms with E-state index in [9.17, 15) is 4.79 Å². The second-order valence-corrected chi connectivity index (χ2v) is 8.30. The van der Waals surface area contributed by atoms with Crippen molar-refractivity contribution in [1.29, 1.82) is 0 Å². The Balaban J connectivity index is 1.65. The molecule has 3 aromatic carbocycles. The van der Waals surface area contributed by atoms with E-state index in [0.29, 0.717) is 18.9 Å². The predicted molar refractivity (Wildman–Crippen MR) is 129 cm³/mol. The van der Waals surface area contributed by atoms with Gasteiger partial charge in [0, 0.05) is 12.6 Å². The van der Waals surface area contributed by atoms with E-state index in [4.69, 9.17) is 9.47 Å². The van der Waals surface area contributed by atoms with E-state index >= 15 is 0 Å². The summed E-state index contributed by atoms with van der Waals surface area (Å²) in [6.45, 7) is 2.65. The summed E-state index contributed by atoms with van der Waals surface area (Å²) in [4.78, 5) is 15.2. The Bertz CT molecular complexity index is 1080. The summed E-state index contributed by atoms with van der Waals surface area (Å²) >= 11 is 0. The average molecular weight is 430 g/mol. The van der Waals surface area contributed by atoms with Crippen molar-refractivity contribution >= 4 is 11.6 Å². The lowest BCUT2D eigenvalue weighted by molar-refractivity contribution is -0.117. The molecule has 0 heterocycles. The van der Waals surface area contributed by atoms with Crippen LogP contribution in [0.15, 0.2) is 66.7 Å². The van der Waals surface area contributed by atoms with Gasteiger partial charge in [0.15, 0.2) is 0 Å². The van der Waals surface area contributed by atoms with E-state index in [2.05, 4.69) is 18.2 Å². The molecule has 1 unspecified atom stereocenters. The van der Waals surface area contributed by atoms with Crippen LogP contribution in [0.25, 0.3) is 0 Å². The standard InChI is InChI=1S/C28H31NO3/c1-4-29(28(30)16-20-8-6-5-7-9-20)27-19-25(32-3)14-15-26(27)23-11-10-22-18-24(31-2)13-12-21(22)17-23/h5-9,12-15,18-19,23H,4,10-11,16-17H2,1-3H3. The number of benzene rings is 3. The number of likely N-dealkylation sites (N-methyl/N-ethyl adjacent to an activating group) is 1. The van der Waals surface area contributed by atoms with E-state index in [1.807, 2.05) is 60.4 Å². The average Bonchev–Trinajstić information content (AvgIpc) is 2.84. The molecule has 0 saturated heterocycles. The third-order valence-electron chi connectivity index (χ3n) is 6.43. The van der Waals surface area contributed by atoms with Crippen LogP contribution >= 0.6 is 0 Å². The van der Waals surface area contributed by atoms with E-state index in [0.717, 1.165) is 42.0 Å². The zero-order valence-corrected chi connectivity index (χ0v) is 19.1. The van der Waals surface area contributed by atoms with Crippen LogP contribution in [-0.4, -0.2) is 26.7 Å². The first-order valence-electron chi connectivity index (χ1n) is 11.3. The number of rotatable bonds is 7. The first kappa shape index (κ1) is 21.9. The van der Waals surface area contributed by atoms with Crippen molar-refractivity contribution < 1.29 is 14.3 Å². The number of hydrogen-bond donors (Lipinski definition) is 0.